The van der Waals surface area contributed by atoms with E-state index in [2.05, 4.69) is 53.6 Å². The summed E-state index contributed by atoms with van der Waals surface area (Å²) in [7, 11) is 0. The van der Waals surface area contributed by atoms with Gasteiger partial charge in [0.25, 0.3) is 0 Å². The molecule has 2 fully saturated rings. The van der Waals surface area contributed by atoms with Crippen LogP contribution in [0.25, 0.3) is 0 Å². The summed E-state index contributed by atoms with van der Waals surface area (Å²) in [5.74, 6) is 0.500. The maximum Gasteiger partial charge on any atom is 0.227 e. The fourth-order valence-corrected chi connectivity index (χ4v) is 4.91. The van der Waals surface area contributed by atoms with Crippen LogP contribution in [0.4, 0.5) is 0 Å². The van der Waals surface area contributed by atoms with Crippen LogP contribution in [0.3, 0.4) is 0 Å². The number of nitrogens with zero attached hydrogens (tertiary/aromatic N) is 3. The first kappa shape index (κ1) is 22.0. The number of likely N-dealkylation sites (N-methyl/N-ethyl adjacent to an activating group) is 1. The average molecular weight is 398 g/mol. The van der Waals surface area contributed by atoms with Crippen molar-refractivity contribution in [1.82, 2.24) is 14.7 Å². The Labute approximate surface area is 177 Å². The molecule has 0 radical (unpaired) electrons. The quantitative estimate of drug-likeness (QED) is 0.624. The third-order valence-electron chi connectivity index (χ3n) is 6.59. The highest BCUT2D eigenvalue weighted by molar-refractivity contribution is 5.79. The van der Waals surface area contributed by atoms with E-state index in [0.29, 0.717) is 18.5 Å². The van der Waals surface area contributed by atoms with Crippen LogP contribution in [0.1, 0.15) is 45.1 Å². The SMILES string of the molecule is C=C(C)CN(CC)C(=O)[C@@H]1CCCN(C2CCN(CCc3ccccc3)CC2)C1. The van der Waals surface area contributed by atoms with Crippen LogP contribution in [0, 0.1) is 5.92 Å². The highest BCUT2D eigenvalue weighted by Gasteiger charge is 2.33. The van der Waals surface area contributed by atoms with Crippen molar-refractivity contribution in [1.29, 1.82) is 0 Å². The average Bonchev–Trinajstić information content (AvgIpc) is 2.76. The van der Waals surface area contributed by atoms with Crippen LogP contribution in [0.15, 0.2) is 42.5 Å². The third kappa shape index (κ3) is 6.42. The summed E-state index contributed by atoms with van der Waals surface area (Å²) < 4.78 is 0. The van der Waals surface area contributed by atoms with Crippen molar-refractivity contribution < 1.29 is 4.79 Å². The van der Waals surface area contributed by atoms with Crippen molar-refractivity contribution in [2.45, 2.75) is 52.0 Å². The second kappa shape index (κ2) is 10.9. The Bertz CT molecular complexity index is 651. The molecule has 1 aromatic rings. The van der Waals surface area contributed by atoms with Gasteiger partial charge in [0.1, 0.15) is 0 Å². The molecule has 1 atom stereocenters. The number of likely N-dealkylation sites (tertiary alicyclic amines) is 2. The van der Waals surface area contributed by atoms with E-state index in [1.54, 1.807) is 0 Å². The van der Waals surface area contributed by atoms with E-state index in [9.17, 15) is 4.79 Å². The molecular formula is C25H39N3O. The Hall–Kier alpha value is -1.65. The first-order valence-electron chi connectivity index (χ1n) is 11.5. The molecule has 2 heterocycles. The minimum absolute atomic E-state index is 0.166. The van der Waals surface area contributed by atoms with Crippen molar-refractivity contribution >= 4 is 5.91 Å². The summed E-state index contributed by atoms with van der Waals surface area (Å²) in [6, 6.07) is 11.5. The monoisotopic (exact) mass is 397 g/mol. The molecule has 0 aromatic heterocycles. The summed E-state index contributed by atoms with van der Waals surface area (Å²) in [6.07, 6.45) is 5.80. The minimum Gasteiger partial charge on any atom is -0.339 e. The molecule has 0 N–H and O–H groups in total. The first-order valence-corrected chi connectivity index (χ1v) is 11.5. The van der Waals surface area contributed by atoms with Crippen molar-refractivity contribution in [3.63, 3.8) is 0 Å². The zero-order valence-corrected chi connectivity index (χ0v) is 18.5. The number of carbonyl (C=O) groups is 1. The zero-order chi connectivity index (χ0) is 20.6. The standard InChI is InChI=1S/C25H39N3O/c1-4-27(19-21(2)3)25(29)23-11-8-15-28(20-23)24-13-17-26(18-14-24)16-12-22-9-6-5-7-10-22/h5-7,9-10,23-24H,2,4,8,11-20H2,1,3H3/t23-/m1/s1. The maximum atomic E-state index is 13.0. The van der Waals surface area contributed by atoms with Gasteiger partial charge in [0.15, 0.2) is 0 Å². The molecular weight excluding hydrogens is 358 g/mol. The van der Waals surface area contributed by atoms with E-state index < -0.39 is 0 Å². The van der Waals surface area contributed by atoms with Gasteiger partial charge in [0.05, 0.1) is 5.92 Å². The molecule has 160 valence electrons. The number of rotatable bonds is 8. The normalized spacial score (nSPS) is 21.8. The fraction of sp³-hybridized carbons (Fsp3) is 0.640. The molecule has 3 rings (SSSR count). The number of amides is 1. The molecule has 1 amide bonds. The molecule has 4 heteroatoms. The molecule has 0 spiro atoms. The lowest BCUT2D eigenvalue weighted by molar-refractivity contribution is -0.137. The highest BCUT2D eigenvalue weighted by atomic mass is 16.2. The molecule has 0 saturated carbocycles. The van der Waals surface area contributed by atoms with E-state index in [4.69, 9.17) is 0 Å². The largest absolute Gasteiger partial charge is 0.339 e. The van der Waals surface area contributed by atoms with E-state index >= 15 is 0 Å². The van der Waals surface area contributed by atoms with Crippen LogP contribution in [-0.2, 0) is 11.2 Å². The Kier molecular flexibility index (Phi) is 8.31. The van der Waals surface area contributed by atoms with Crippen molar-refractivity contribution in [2.75, 3.05) is 45.8 Å². The topological polar surface area (TPSA) is 26.8 Å². The maximum absolute atomic E-state index is 13.0. The molecule has 0 bridgehead atoms. The Morgan fingerprint density at radius 2 is 1.86 bits per heavy atom. The number of hydrogen-bond donors (Lipinski definition) is 0. The number of piperidine rings is 2. The predicted octanol–water partition coefficient (Wildman–Crippen LogP) is 3.83. The lowest BCUT2D eigenvalue weighted by Gasteiger charge is -2.42. The van der Waals surface area contributed by atoms with Gasteiger partial charge in [-0.2, -0.15) is 0 Å². The molecule has 2 aliphatic rings. The van der Waals surface area contributed by atoms with Crippen LogP contribution in [0.5, 0.6) is 0 Å². The molecule has 0 aliphatic carbocycles. The van der Waals surface area contributed by atoms with E-state index in [1.807, 2.05) is 11.8 Å². The van der Waals surface area contributed by atoms with Gasteiger partial charge < -0.3 is 9.80 Å². The van der Waals surface area contributed by atoms with E-state index in [0.717, 1.165) is 51.0 Å². The van der Waals surface area contributed by atoms with Gasteiger partial charge >= 0.3 is 0 Å². The summed E-state index contributed by atoms with van der Waals surface area (Å²) in [4.78, 5) is 20.2. The van der Waals surface area contributed by atoms with Gasteiger partial charge in [0.2, 0.25) is 5.91 Å². The summed E-state index contributed by atoms with van der Waals surface area (Å²) in [5, 5.41) is 0. The highest BCUT2D eigenvalue weighted by Crippen LogP contribution is 2.25. The van der Waals surface area contributed by atoms with Crippen LogP contribution in [-0.4, -0.2) is 72.5 Å². The van der Waals surface area contributed by atoms with Gasteiger partial charge in [-0.3, -0.25) is 9.69 Å². The fourth-order valence-electron chi connectivity index (χ4n) is 4.91. The van der Waals surface area contributed by atoms with E-state index in [1.165, 1.54) is 31.5 Å². The molecule has 1 aromatic carbocycles. The van der Waals surface area contributed by atoms with E-state index in [-0.39, 0.29) is 5.92 Å². The molecule has 2 saturated heterocycles. The summed E-state index contributed by atoms with van der Waals surface area (Å²) in [6.45, 7) is 15.2. The first-order chi connectivity index (χ1) is 14.1. The second-order valence-corrected chi connectivity index (χ2v) is 8.95. The van der Waals surface area contributed by atoms with Gasteiger partial charge in [-0.15, -0.1) is 0 Å². The third-order valence-corrected chi connectivity index (χ3v) is 6.59. The molecule has 0 unspecified atom stereocenters. The van der Waals surface area contributed by atoms with Crippen LogP contribution >= 0.6 is 0 Å². The smallest absolute Gasteiger partial charge is 0.227 e. The molecule has 4 nitrogen and oxygen atoms in total. The lowest BCUT2D eigenvalue weighted by Crippen LogP contribution is -2.51. The summed E-state index contributed by atoms with van der Waals surface area (Å²) >= 11 is 0. The van der Waals surface area contributed by atoms with Gasteiger partial charge in [0, 0.05) is 32.2 Å². The number of benzene rings is 1. The molecule has 29 heavy (non-hydrogen) atoms. The Morgan fingerprint density at radius 1 is 1.14 bits per heavy atom. The summed E-state index contributed by atoms with van der Waals surface area (Å²) in [5.41, 5.74) is 2.50. The Morgan fingerprint density at radius 3 is 2.52 bits per heavy atom. The van der Waals surface area contributed by atoms with Crippen LogP contribution in [0.2, 0.25) is 0 Å². The van der Waals surface area contributed by atoms with Crippen LogP contribution < -0.4 is 0 Å². The zero-order valence-electron chi connectivity index (χ0n) is 18.5. The predicted molar refractivity (Wildman–Crippen MR) is 121 cm³/mol. The number of hydrogen-bond acceptors (Lipinski definition) is 3. The number of carbonyl (C=O) groups excluding carboxylic acids is 1. The van der Waals surface area contributed by atoms with Crippen molar-refractivity contribution in [3.8, 4) is 0 Å². The minimum atomic E-state index is 0.166. The molecule has 2 aliphatic heterocycles. The Balaban J connectivity index is 1.45. The second-order valence-electron chi connectivity index (χ2n) is 8.95. The van der Waals surface area contributed by atoms with Crippen molar-refractivity contribution in [3.05, 3.63) is 48.0 Å². The van der Waals surface area contributed by atoms with Crippen molar-refractivity contribution in [2.24, 2.45) is 5.92 Å². The van der Waals surface area contributed by atoms with Gasteiger partial charge in [-0.05, 0) is 71.1 Å². The van der Waals surface area contributed by atoms with Gasteiger partial charge in [-0.1, -0.05) is 42.5 Å². The van der Waals surface area contributed by atoms with Gasteiger partial charge in [-0.25, -0.2) is 0 Å². The lowest BCUT2D eigenvalue weighted by atomic mass is 9.92.